The minimum absolute atomic E-state index is 1.08. The molecule has 0 amide bonds. The molecule has 0 bridgehead atoms. The average molecular weight is 157 g/mol. The van der Waals surface area contributed by atoms with Crippen LogP contribution in [0.5, 0.6) is 0 Å². The summed E-state index contributed by atoms with van der Waals surface area (Å²) in [5.74, 6) is 0. The van der Waals surface area contributed by atoms with Gasteiger partial charge in [0.15, 0.2) is 0 Å². The second kappa shape index (κ2) is 2.81. The Labute approximate surface area is 71.5 Å². The number of aryl methyl sites for hydroxylation is 1. The van der Waals surface area contributed by atoms with E-state index in [-0.39, 0.29) is 0 Å². The van der Waals surface area contributed by atoms with Crippen LogP contribution >= 0.6 is 0 Å². The maximum Gasteiger partial charge on any atom is 0.113 e. The van der Waals surface area contributed by atoms with Gasteiger partial charge in [-0.25, -0.2) is 4.68 Å². The quantitative estimate of drug-likeness (QED) is 0.619. The summed E-state index contributed by atoms with van der Waals surface area (Å²) in [7, 11) is 0. The zero-order valence-electron chi connectivity index (χ0n) is 6.86. The van der Waals surface area contributed by atoms with E-state index in [0.717, 1.165) is 11.4 Å². The molecule has 0 aliphatic carbocycles. The molecule has 1 aromatic carbocycles. The summed E-state index contributed by atoms with van der Waals surface area (Å²) in [6, 6.07) is 11.9. The largest absolute Gasteiger partial charge is 0.237 e. The Morgan fingerprint density at radius 3 is 2.58 bits per heavy atom. The first-order valence-electron chi connectivity index (χ1n) is 3.86. The molecule has 1 radical (unpaired) electrons. The normalized spacial score (nSPS) is 10.1. The molecule has 2 aromatic rings. The summed E-state index contributed by atoms with van der Waals surface area (Å²) in [6.45, 7) is 2.01. The number of hydrogen-bond donors (Lipinski definition) is 0. The van der Waals surface area contributed by atoms with Crippen LogP contribution in [0.15, 0.2) is 36.4 Å². The summed E-state index contributed by atoms with van der Waals surface area (Å²) in [4.78, 5) is 0. The number of aromatic nitrogens is 2. The van der Waals surface area contributed by atoms with E-state index in [2.05, 4.69) is 11.3 Å². The van der Waals surface area contributed by atoms with E-state index in [4.69, 9.17) is 0 Å². The van der Waals surface area contributed by atoms with Crippen molar-refractivity contribution < 1.29 is 0 Å². The van der Waals surface area contributed by atoms with Gasteiger partial charge in [0.1, 0.15) is 6.20 Å². The number of nitrogens with zero attached hydrogens (tertiary/aromatic N) is 2. The van der Waals surface area contributed by atoms with Crippen molar-refractivity contribution in [2.24, 2.45) is 0 Å². The van der Waals surface area contributed by atoms with Crippen molar-refractivity contribution in [2.45, 2.75) is 6.92 Å². The molecule has 0 N–H and O–H groups in total. The number of para-hydroxylation sites is 1. The fourth-order valence-electron chi connectivity index (χ4n) is 1.15. The van der Waals surface area contributed by atoms with E-state index in [0.29, 0.717) is 0 Å². The van der Waals surface area contributed by atoms with Gasteiger partial charge in [-0.05, 0) is 25.1 Å². The molecule has 0 saturated carbocycles. The first kappa shape index (κ1) is 7.10. The third kappa shape index (κ3) is 1.11. The summed E-state index contributed by atoms with van der Waals surface area (Å²) >= 11 is 0. The highest BCUT2D eigenvalue weighted by Gasteiger charge is 1.97. The Balaban J connectivity index is 2.51. The second-order valence-corrected chi connectivity index (χ2v) is 2.66. The molecule has 2 heteroatoms. The van der Waals surface area contributed by atoms with E-state index >= 15 is 0 Å². The number of benzene rings is 1. The second-order valence-electron chi connectivity index (χ2n) is 2.66. The molecule has 0 fully saturated rings. The Hall–Kier alpha value is -1.57. The highest BCUT2D eigenvalue weighted by Crippen LogP contribution is 2.07. The fourth-order valence-corrected chi connectivity index (χ4v) is 1.15. The van der Waals surface area contributed by atoms with Crippen LogP contribution in [0, 0.1) is 13.1 Å². The molecule has 0 aliphatic rings. The maximum atomic E-state index is 4.08. The highest BCUT2D eigenvalue weighted by atomic mass is 15.3. The first-order valence-corrected chi connectivity index (χ1v) is 3.86. The van der Waals surface area contributed by atoms with E-state index in [1.54, 1.807) is 0 Å². The smallest absolute Gasteiger partial charge is 0.113 e. The molecule has 0 unspecified atom stereocenters. The number of hydrogen-bond acceptors (Lipinski definition) is 1. The zero-order chi connectivity index (χ0) is 8.39. The van der Waals surface area contributed by atoms with Gasteiger partial charge >= 0.3 is 0 Å². The topological polar surface area (TPSA) is 17.8 Å². The lowest BCUT2D eigenvalue weighted by Crippen LogP contribution is -1.97. The zero-order valence-corrected chi connectivity index (χ0v) is 6.86. The summed E-state index contributed by atoms with van der Waals surface area (Å²) in [5.41, 5.74) is 2.18. The molecule has 0 aliphatic heterocycles. The third-order valence-electron chi connectivity index (χ3n) is 1.77. The molecule has 1 heterocycles. The van der Waals surface area contributed by atoms with Crippen molar-refractivity contribution in [3.8, 4) is 5.69 Å². The van der Waals surface area contributed by atoms with E-state index in [1.807, 2.05) is 48.0 Å². The molecule has 59 valence electrons. The fraction of sp³-hybridized carbons (Fsp3) is 0.100. The van der Waals surface area contributed by atoms with Gasteiger partial charge in [-0.15, -0.1) is 0 Å². The Bertz CT molecular complexity index is 362. The van der Waals surface area contributed by atoms with E-state index in [9.17, 15) is 0 Å². The average Bonchev–Trinajstić information content (AvgIpc) is 2.53. The molecular formula is C10H9N2. The molecule has 2 nitrogen and oxygen atoms in total. The van der Waals surface area contributed by atoms with Gasteiger partial charge in [0.05, 0.1) is 5.69 Å². The molecule has 0 spiro atoms. The lowest BCUT2D eigenvalue weighted by Gasteiger charge is -2.01. The Morgan fingerprint density at radius 1 is 1.25 bits per heavy atom. The van der Waals surface area contributed by atoms with E-state index < -0.39 is 0 Å². The summed E-state index contributed by atoms with van der Waals surface area (Å²) in [6.07, 6.45) is 2.81. The third-order valence-corrected chi connectivity index (χ3v) is 1.77. The molecule has 12 heavy (non-hydrogen) atoms. The van der Waals surface area contributed by atoms with Crippen LogP contribution in [0.4, 0.5) is 0 Å². The Kier molecular flexibility index (Phi) is 1.67. The predicted octanol–water partition coefficient (Wildman–Crippen LogP) is 1.98. The van der Waals surface area contributed by atoms with Crippen LogP contribution in [0.1, 0.15) is 5.69 Å². The molecule has 1 aromatic heterocycles. The standard InChI is InChI=1S/C10H9N2/c1-9-7-8-11-12(9)10-5-3-2-4-6-10/h2-7H,1H3. The predicted molar refractivity (Wildman–Crippen MR) is 47.1 cm³/mol. The molecular weight excluding hydrogens is 148 g/mol. The van der Waals surface area contributed by atoms with Crippen molar-refractivity contribution in [1.82, 2.24) is 9.78 Å². The minimum atomic E-state index is 1.08. The Morgan fingerprint density at radius 2 is 2.00 bits per heavy atom. The molecule has 0 saturated heterocycles. The van der Waals surface area contributed by atoms with Crippen LogP contribution in [-0.4, -0.2) is 9.78 Å². The van der Waals surface area contributed by atoms with Gasteiger partial charge in [0.25, 0.3) is 0 Å². The van der Waals surface area contributed by atoms with Crippen molar-refractivity contribution in [3.05, 3.63) is 48.3 Å². The number of rotatable bonds is 1. The van der Waals surface area contributed by atoms with Crippen molar-refractivity contribution in [3.63, 3.8) is 0 Å². The van der Waals surface area contributed by atoms with Crippen molar-refractivity contribution in [1.29, 1.82) is 0 Å². The van der Waals surface area contributed by atoms with Crippen LogP contribution < -0.4 is 0 Å². The monoisotopic (exact) mass is 157 g/mol. The SMILES string of the molecule is Cc1c[c]nn1-c1ccccc1. The van der Waals surface area contributed by atoms with Crippen molar-refractivity contribution >= 4 is 0 Å². The lowest BCUT2D eigenvalue weighted by molar-refractivity contribution is 0.844. The molecule has 2 rings (SSSR count). The van der Waals surface area contributed by atoms with Crippen LogP contribution in [0.3, 0.4) is 0 Å². The summed E-state index contributed by atoms with van der Waals surface area (Å²) in [5, 5.41) is 4.08. The minimum Gasteiger partial charge on any atom is -0.237 e. The van der Waals surface area contributed by atoms with Gasteiger partial charge in [-0.1, -0.05) is 18.2 Å². The van der Waals surface area contributed by atoms with Crippen molar-refractivity contribution in [2.75, 3.05) is 0 Å². The van der Waals surface area contributed by atoms with Crippen LogP contribution in [0.25, 0.3) is 5.69 Å². The first-order chi connectivity index (χ1) is 5.88. The van der Waals surface area contributed by atoms with Gasteiger partial charge in [-0.2, -0.15) is 5.10 Å². The molecule has 0 atom stereocenters. The highest BCUT2D eigenvalue weighted by molar-refractivity contribution is 5.31. The van der Waals surface area contributed by atoms with Gasteiger partial charge < -0.3 is 0 Å². The lowest BCUT2D eigenvalue weighted by atomic mass is 10.3. The van der Waals surface area contributed by atoms with Gasteiger partial charge in [0.2, 0.25) is 0 Å². The summed E-state index contributed by atoms with van der Waals surface area (Å²) < 4.78 is 1.86. The van der Waals surface area contributed by atoms with Gasteiger partial charge in [0, 0.05) is 5.69 Å². The van der Waals surface area contributed by atoms with Gasteiger partial charge in [-0.3, -0.25) is 0 Å². The van der Waals surface area contributed by atoms with Crippen LogP contribution in [-0.2, 0) is 0 Å². The van der Waals surface area contributed by atoms with E-state index in [1.165, 1.54) is 0 Å². The maximum absolute atomic E-state index is 4.08. The van der Waals surface area contributed by atoms with Crippen LogP contribution in [0.2, 0.25) is 0 Å².